The van der Waals surface area contributed by atoms with E-state index in [-0.39, 0.29) is 25.0 Å². The smallest absolute Gasteiger partial charge is 0.232 e. The van der Waals surface area contributed by atoms with Crippen molar-refractivity contribution in [2.24, 2.45) is 0 Å². The minimum atomic E-state index is -3.54. The van der Waals surface area contributed by atoms with Gasteiger partial charge in [-0.05, 0) is 32.5 Å². The zero-order valence-corrected chi connectivity index (χ0v) is 17.5. The number of likely N-dealkylation sites (N-methyl/N-ethyl adjacent to an activating group) is 1. The molecule has 0 bridgehead atoms. The monoisotopic (exact) mass is 397 g/mol. The zero-order valence-electron chi connectivity index (χ0n) is 16.7. The predicted molar refractivity (Wildman–Crippen MR) is 108 cm³/mol. The first kappa shape index (κ1) is 21.5. The van der Waals surface area contributed by atoms with Gasteiger partial charge in [0.25, 0.3) is 0 Å². The van der Waals surface area contributed by atoms with E-state index in [1.54, 1.807) is 24.3 Å². The lowest BCUT2D eigenvalue weighted by molar-refractivity contribution is -0.132. The fourth-order valence-corrected chi connectivity index (χ4v) is 4.08. The van der Waals surface area contributed by atoms with Crippen molar-refractivity contribution in [3.05, 3.63) is 24.3 Å². The van der Waals surface area contributed by atoms with Gasteiger partial charge in [0.1, 0.15) is 5.75 Å². The van der Waals surface area contributed by atoms with Crippen molar-refractivity contribution in [3.63, 3.8) is 0 Å². The van der Waals surface area contributed by atoms with Crippen molar-refractivity contribution in [2.45, 2.75) is 33.3 Å². The fraction of sp³-hybridized carbons (Fsp3) is 0.632. The van der Waals surface area contributed by atoms with E-state index in [9.17, 15) is 13.2 Å². The van der Waals surface area contributed by atoms with E-state index in [0.29, 0.717) is 24.5 Å². The number of rotatable bonds is 8. The van der Waals surface area contributed by atoms with E-state index in [2.05, 4.69) is 11.8 Å². The van der Waals surface area contributed by atoms with Crippen LogP contribution in [0.3, 0.4) is 0 Å². The number of carbonyl (C=O) groups excluding carboxylic acids is 1. The van der Waals surface area contributed by atoms with Gasteiger partial charge in [0.15, 0.2) is 0 Å². The molecule has 0 aliphatic carbocycles. The Balaban J connectivity index is 2.10. The number of sulfonamides is 1. The molecule has 1 amide bonds. The molecule has 0 N–H and O–H groups in total. The fourth-order valence-electron chi connectivity index (χ4n) is 3.15. The van der Waals surface area contributed by atoms with E-state index >= 15 is 0 Å². The predicted octanol–water partition coefficient (Wildman–Crippen LogP) is 1.79. The number of amides is 1. The molecule has 0 atom stereocenters. The summed E-state index contributed by atoms with van der Waals surface area (Å²) < 4.78 is 31.8. The number of ether oxygens (including phenoxy) is 1. The Hall–Kier alpha value is -1.80. The first-order chi connectivity index (χ1) is 12.7. The highest BCUT2D eigenvalue weighted by atomic mass is 32.2. The van der Waals surface area contributed by atoms with Gasteiger partial charge in [-0.1, -0.05) is 19.1 Å². The third-order valence-electron chi connectivity index (χ3n) is 4.60. The van der Waals surface area contributed by atoms with Crippen LogP contribution in [0.1, 0.15) is 27.2 Å². The van der Waals surface area contributed by atoms with Crippen LogP contribution in [0.25, 0.3) is 0 Å². The minimum Gasteiger partial charge on any atom is -0.489 e. The molecule has 1 aromatic carbocycles. The molecule has 8 heteroatoms. The number of carbonyl (C=O) groups is 1. The highest BCUT2D eigenvalue weighted by molar-refractivity contribution is 7.92. The van der Waals surface area contributed by atoms with Gasteiger partial charge < -0.3 is 14.5 Å². The zero-order chi connectivity index (χ0) is 20.0. The van der Waals surface area contributed by atoms with Crippen LogP contribution in [0, 0.1) is 0 Å². The van der Waals surface area contributed by atoms with E-state index in [1.165, 1.54) is 4.31 Å². The number of nitrogens with zero attached hydrogens (tertiary/aromatic N) is 3. The first-order valence-electron chi connectivity index (χ1n) is 9.46. The Bertz CT molecular complexity index is 728. The topological polar surface area (TPSA) is 70.2 Å². The van der Waals surface area contributed by atoms with Gasteiger partial charge in [-0.2, -0.15) is 0 Å². The van der Waals surface area contributed by atoms with Crippen molar-refractivity contribution in [1.82, 2.24) is 9.80 Å². The second-order valence-electron chi connectivity index (χ2n) is 7.03. The van der Waals surface area contributed by atoms with Crippen molar-refractivity contribution in [1.29, 1.82) is 0 Å². The van der Waals surface area contributed by atoms with Crippen LogP contribution in [0.5, 0.6) is 5.75 Å². The SMILES string of the molecule is CCN1CCN(C(=O)CCN(c2ccccc2OC(C)C)S(C)(=O)=O)CC1. The average molecular weight is 398 g/mol. The van der Waals surface area contributed by atoms with Crippen LogP contribution < -0.4 is 9.04 Å². The summed E-state index contributed by atoms with van der Waals surface area (Å²) in [5.74, 6) is 0.489. The molecule has 1 aliphatic heterocycles. The largest absolute Gasteiger partial charge is 0.489 e. The van der Waals surface area contributed by atoms with Crippen molar-refractivity contribution >= 4 is 21.6 Å². The number of hydrogen-bond donors (Lipinski definition) is 0. The average Bonchev–Trinajstić information content (AvgIpc) is 2.61. The highest BCUT2D eigenvalue weighted by Gasteiger charge is 2.25. The normalized spacial score (nSPS) is 15.8. The standard InChI is InChI=1S/C19H31N3O4S/c1-5-20-12-14-21(15-13-20)19(23)10-11-22(27(4,24)25)17-8-6-7-9-18(17)26-16(2)3/h6-9,16H,5,10-15H2,1-4H3. The van der Waals surface area contributed by atoms with Gasteiger partial charge in [0.05, 0.1) is 18.0 Å². The molecule has 152 valence electrons. The maximum Gasteiger partial charge on any atom is 0.232 e. The molecule has 1 aliphatic rings. The summed E-state index contributed by atoms with van der Waals surface area (Å²) in [6.45, 7) is 10.1. The summed E-state index contributed by atoms with van der Waals surface area (Å²) in [7, 11) is -3.54. The second kappa shape index (κ2) is 9.41. The quantitative estimate of drug-likeness (QED) is 0.669. The van der Waals surface area contributed by atoms with Gasteiger partial charge >= 0.3 is 0 Å². The minimum absolute atomic E-state index is 0.0123. The van der Waals surface area contributed by atoms with Crippen LogP contribution in [-0.2, 0) is 14.8 Å². The van der Waals surface area contributed by atoms with Gasteiger partial charge in [-0.15, -0.1) is 0 Å². The third kappa shape index (κ3) is 6.10. The number of para-hydroxylation sites is 2. The molecule has 0 aromatic heterocycles. The lowest BCUT2D eigenvalue weighted by Crippen LogP contribution is -2.49. The number of hydrogen-bond acceptors (Lipinski definition) is 5. The molecule has 0 radical (unpaired) electrons. The molecule has 1 aromatic rings. The summed E-state index contributed by atoms with van der Waals surface area (Å²) in [6.07, 6.45) is 1.22. The van der Waals surface area contributed by atoms with Crippen LogP contribution in [0.4, 0.5) is 5.69 Å². The van der Waals surface area contributed by atoms with Crippen molar-refractivity contribution in [3.8, 4) is 5.75 Å². The highest BCUT2D eigenvalue weighted by Crippen LogP contribution is 2.30. The number of piperazine rings is 1. The number of benzene rings is 1. The molecule has 2 rings (SSSR count). The Kier molecular flexibility index (Phi) is 7.49. The summed E-state index contributed by atoms with van der Waals surface area (Å²) in [5.41, 5.74) is 0.470. The van der Waals surface area contributed by atoms with Crippen LogP contribution in [-0.4, -0.2) is 75.8 Å². The molecule has 0 unspecified atom stereocenters. The van der Waals surface area contributed by atoms with Gasteiger partial charge in [-0.3, -0.25) is 9.10 Å². The molecular weight excluding hydrogens is 366 g/mol. The van der Waals surface area contributed by atoms with E-state index in [0.717, 1.165) is 25.9 Å². The van der Waals surface area contributed by atoms with Crippen LogP contribution in [0.2, 0.25) is 0 Å². The third-order valence-corrected chi connectivity index (χ3v) is 5.78. The molecule has 0 spiro atoms. The van der Waals surface area contributed by atoms with E-state index in [1.807, 2.05) is 18.7 Å². The summed E-state index contributed by atoms with van der Waals surface area (Å²) >= 11 is 0. The maximum atomic E-state index is 12.6. The molecule has 1 saturated heterocycles. The van der Waals surface area contributed by atoms with Crippen molar-refractivity contribution in [2.75, 3.05) is 49.8 Å². The molecule has 1 fully saturated rings. The lowest BCUT2D eigenvalue weighted by atomic mass is 10.2. The number of anilines is 1. The Morgan fingerprint density at radius 3 is 2.37 bits per heavy atom. The molecule has 0 saturated carbocycles. The van der Waals surface area contributed by atoms with Crippen molar-refractivity contribution < 1.29 is 17.9 Å². The Labute approximate surface area is 162 Å². The molecule has 1 heterocycles. The van der Waals surface area contributed by atoms with E-state index < -0.39 is 10.0 Å². The molecular formula is C19H31N3O4S. The second-order valence-corrected chi connectivity index (χ2v) is 8.94. The molecule has 27 heavy (non-hydrogen) atoms. The maximum absolute atomic E-state index is 12.6. The lowest BCUT2D eigenvalue weighted by Gasteiger charge is -2.34. The first-order valence-corrected chi connectivity index (χ1v) is 11.3. The van der Waals surface area contributed by atoms with E-state index in [4.69, 9.17) is 4.74 Å². The summed E-state index contributed by atoms with van der Waals surface area (Å²) in [6, 6.07) is 7.04. The molecule has 7 nitrogen and oxygen atoms in total. The summed E-state index contributed by atoms with van der Waals surface area (Å²) in [4.78, 5) is 16.7. The summed E-state index contributed by atoms with van der Waals surface area (Å²) in [5, 5.41) is 0. The van der Waals surface area contributed by atoms with Gasteiger partial charge in [-0.25, -0.2) is 8.42 Å². The van der Waals surface area contributed by atoms with Crippen LogP contribution >= 0.6 is 0 Å². The van der Waals surface area contributed by atoms with Crippen LogP contribution in [0.15, 0.2) is 24.3 Å². The van der Waals surface area contributed by atoms with Gasteiger partial charge in [0.2, 0.25) is 15.9 Å². The Morgan fingerprint density at radius 1 is 1.19 bits per heavy atom. The Morgan fingerprint density at radius 2 is 1.81 bits per heavy atom. The van der Waals surface area contributed by atoms with Gasteiger partial charge in [0, 0.05) is 39.1 Å².